The van der Waals surface area contributed by atoms with Gasteiger partial charge in [-0.15, -0.1) is 10.1 Å². The van der Waals surface area contributed by atoms with Gasteiger partial charge in [0.25, 0.3) is 5.09 Å². The second-order valence-electron chi connectivity index (χ2n) is 0.238. The van der Waals surface area contributed by atoms with E-state index in [-0.39, 0.29) is 24.1 Å². The van der Waals surface area contributed by atoms with E-state index in [1.807, 2.05) is 0 Å². The fourth-order valence-electron chi connectivity index (χ4n) is 0. The van der Waals surface area contributed by atoms with Gasteiger partial charge >= 0.3 is 18.0 Å². The number of hydrogen-bond donors (Lipinski definition) is 2. The zero-order valence-corrected chi connectivity index (χ0v) is 6.09. The van der Waals surface area contributed by atoms with Crippen molar-refractivity contribution in [2.24, 2.45) is 0 Å². The average Bonchev–Trinajstić information content (AvgIpc) is 0.811. The third kappa shape index (κ3) is 347. The molecule has 5 nitrogen and oxygen atoms in total. The summed E-state index contributed by atoms with van der Waals surface area (Å²) in [6.45, 7) is 0. The van der Waals surface area contributed by atoms with E-state index in [4.69, 9.17) is 15.3 Å². The van der Waals surface area contributed by atoms with Gasteiger partial charge in [-0.25, -0.2) is 0 Å². The molecule has 0 aromatic carbocycles. The summed E-state index contributed by atoms with van der Waals surface area (Å²) in [7, 11) is 0. The van der Waals surface area contributed by atoms with Crippen molar-refractivity contribution in [3.8, 4) is 0 Å². The molecule has 0 fully saturated rings. The predicted molar refractivity (Wildman–Crippen MR) is 23.7 cm³/mol. The topological polar surface area (TPSA) is 98.4 Å². The summed E-state index contributed by atoms with van der Waals surface area (Å²) in [5.74, 6) is 0. The number of rotatable bonds is 0. The van der Waals surface area contributed by atoms with Crippen LogP contribution in [0.4, 0.5) is 0 Å². The van der Waals surface area contributed by atoms with Crippen LogP contribution < -0.4 is 6.15 Å². The summed E-state index contributed by atoms with van der Waals surface area (Å²) < 4.78 is 0. The van der Waals surface area contributed by atoms with Gasteiger partial charge in [0.1, 0.15) is 0 Å². The summed E-state index contributed by atoms with van der Waals surface area (Å²) in [5.41, 5.74) is 0. The Morgan fingerprint density at radius 1 is 1.67 bits per heavy atom. The minimum atomic E-state index is -1.50. The Morgan fingerprint density at radius 2 is 1.67 bits per heavy atom. The molecule has 0 bridgehead atoms. The van der Waals surface area contributed by atoms with Crippen LogP contribution in [0.2, 0.25) is 0 Å². The maximum absolute atomic E-state index is 8.36. The molecule has 6 heteroatoms. The number of nitrogens with zero attached hydrogens (tertiary/aromatic N) is 1. The molecule has 0 aliphatic heterocycles. The van der Waals surface area contributed by atoms with E-state index < -0.39 is 5.09 Å². The van der Waals surface area contributed by atoms with Crippen LogP contribution in [0.5, 0.6) is 0 Å². The third-order valence-corrected chi connectivity index (χ3v) is 0. The number of hydrogen-bond acceptors (Lipinski definition) is 3. The van der Waals surface area contributed by atoms with Gasteiger partial charge < -0.3 is 11.4 Å². The molecule has 0 amide bonds. The molecule has 1 atom stereocenters. The molecule has 0 saturated heterocycles. The Hall–Kier alpha value is -0.282. The molecule has 0 rings (SSSR count). The SMILES string of the molecule is N.O=[N+]([O-])O.[AsH3]. The van der Waals surface area contributed by atoms with Crippen molar-refractivity contribution in [2.45, 2.75) is 0 Å². The van der Waals surface area contributed by atoms with E-state index in [1.54, 1.807) is 0 Å². The van der Waals surface area contributed by atoms with Crippen molar-refractivity contribution >= 4 is 18.0 Å². The predicted octanol–water partition coefficient (Wildman–Crippen LogP) is -1.37. The Balaban J connectivity index is -0.0000000450. The van der Waals surface area contributed by atoms with E-state index >= 15 is 0 Å². The zero-order chi connectivity index (χ0) is 3.58. The molecule has 6 heavy (non-hydrogen) atoms. The van der Waals surface area contributed by atoms with Gasteiger partial charge in [-0.1, -0.05) is 0 Å². The van der Waals surface area contributed by atoms with Gasteiger partial charge in [0, 0.05) is 0 Å². The average molecular weight is 158 g/mol. The molecule has 0 aliphatic carbocycles. The molecular formula is H7AsN2O3. The van der Waals surface area contributed by atoms with Crippen molar-refractivity contribution in [2.75, 3.05) is 0 Å². The minimum absolute atomic E-state index is 0. The summed E-state index contributed by atoms with van der Waals surface area (Å²) in [4.78, 5) is 8.36. The van der Waals surface area contributed by atoms with E-state index in [9.17, 15) is 0 Å². The fourth-order valence-corrected chi connectivity index (χ4v) is 0. The van der Waals surface area contributed by atoms with Crippen LogP contribution in [0, 0.1) is 10.1 Å². The fraction of sp³-hybridized carbons (Fsp3) is 0. The van der Waals surface area contributed by atoms with Gasteiger partial charge in [0.2, 0.25) is 0 Å². The van der Waals surface area contributed by atoms with Crippen molar-refractivity contribution in [3.05, 3.63) is 10.1 Å². The van der Waals surface area contributed by atoms with Gasteiger partial charge in [-0.05, 0) is 0 Å². The second-order valence-corrected chi connectivity index (χ2v) is 0.238. The van der Waals surface area contributed by atoms with Crippen LogP contribution in [0.25, 0.3) is 0 Å². The van der Waals surface area contributed by atoms with Gasteiger partial charge in [-0.2, -0.15) is 0 Å². The first-order valence-corrected chi connectivity index (χ1v) is 0.565. The monoisotopic (exact) mass is 158 g/mol. The summed E-state index contributed by atoms with van der Waals surface area (Å²) in [6.07, 6.45) is 0. The molecule has 0 aliphatic rings. The Bertz CT molecular complexity index is 31.8. The standard InChI is InChI=1S/AsH3.HNO3.H3N/c;2-1(3)4;/h1H3;(H,2,3,4);1H3. The van der Waals surface area contributed by atoms with Gasteiger partial charge in [-0.3, -0.25) is 0 Å². The molecule has 0 aromatic rings. The van der Waals surface area contributed by atoms with E-state index in [1.165, 1.54) is 0 Å². The molecule has 40 valence electrons. The van der Waals surface area contributed by atoms with Crippen LogP contribution in [0.1, 0.15) is 0 Å². The molecule has 0 saturated carbocycles. The Morgan fingerprint density at radius 3 is 1.67 bits per heavy atom. The molecule has 1 unspecified atom stereocenters. The first-order valence-electron chi connectivity index (χ1n) is 0.565. The summed E-state index contributed by atoms with van der Waals surface area (Å²) in [5, 5.41) is 13.6. The Kier molecular flexibility index (Phi) is 25.3. The van der Waals surface area contributed by atoms with E-state index in [2.05, 4.69) is 0 Å². The summed E-state index contributed by atoms with van der Waals surface area (Å²) in [6, 6.07) is 0. The third-order valence-electron chi connectivity index (χ3n) is 0. The van der Waals surface area contributed by atoms with Crippen LogP contribution in [0.15, 0.2) is 0 Å². The van der Waals surface area contributed by atoms with Crippen LogP contribution in [-0.4, -0.2) is 28.2 Å². The molecule has 0 spiro atoms. The first-order chi connectivity index (χ1) is 1.73. The normalized spacial score (nSPS) is 4.00. The van der Waals surface area contributed by atoms with Crippen LogP contribution in [-0.2, 0) is 0 Å². The van der Waals surface area contributed by atoms with E-state index in [0.29, 0.717) is 0 Å². The first kappa shape index (κ1) is 17.2. The zero-order valence-electron chi connectivity index (χ0n) is 3.13. The van der Waals surface area contributed by atoms with Gasteiger partial charge in [0.15, 0.2) is 0 Å². The van der Waals surface area contributed by atoms with Crippen molar-refractivity contribution in [1.29, 1.82) is 0 Å². The van der Waals surface area contributed by atoms with Crippen molar-refractivity contribution < 1.29 is 10.3 Å². The molecule has 0 heterocycles. The second kappa shape index (κ2) is 8.83. The molecule has 0 radical (unpaired) electrons. The van der Waals surface area contributed by atoms with Crippen LogP contribution in [0.3, 0.4) is 0 Å². The van der Waals surface area contributed by atoms with Crippen LogP contribution >= 0.6 is 0 Å². The van der Waals surface area contributed by atoms with E-state index in [0.717, 1.165) is 0 Å². The molecular weight excluding hydrogens is 151 g/mol. The van der Waals surface area contributed by atoms with Gasteiger partial charge in [0.05, 0.1) is 0 Å². The Labute approximate surface area is 45.3 Å². The summed E-state index contributed by atoms with van der Waals surface area (Å²) >= 11 is 0. The van der Waals surface area contributed by atoms with Crippen molar-refractivity contribution in [1.82, 2.24) is 6.15 Å². The van der Waals surface area contributed by atoms with Crippen molar-refractivity contribution in [3.63, 3.8) is 0 Å². The molecule has 0 aromatic heterocycles. The molecule has 4 N–H and O–H groups in total. The maximum atomic E-state index is 8.36. The quantitative estimate of drug-likeness (QED) is 0.258.